The highest BCUT2D eigenvalue weighted by molar-refractivity contribution is 9.10. The van der Waals surface area contributed by atoms with E-state index in [4.69, 9.17) is 4.74 Å². The molecule has 5 heteroatoms. The van der Waals surface area contributed by atoms with E-state index in [1.807, 2.05) is 24.3 Å². The number of benzene rings is 1. The fourth-order valence-corrected chi connectivity index (χ4v) is 2.50. The van der Waals surface area contributed by atoms with Gasteiger partial charge in [0.25, 0.3) is 0 Å². The Kier molecular flexibility index (Phi) is 3.79. The fourth-order valence-electron chi connectivity index (χ4n) is 1.18. The van der Waals surface area contributed by atoms with Gasteiger partial charge in [-0.1, -0.05) is 23.9 Å². The standard InChI is InChI=1S/C11H9BrN2OS/c1-15-9-4-2-3-5-10(9)16-11-8(12)6-13-7-14-11/h2-7H,1H3. The summed E-state index contributed by atoms with van der Waals surface area (Å²) in [6, 6.07) is 7.84. The molecule has 0 saturated carbocycles. The summed E-state index contributed by atoms with van der Waals surface area (Å²) in [6.45, 7) is 0. The molecule has 0 amide bonds. The summed E-state index contributed by atoms with van der Waals surface area (Å²) in [6.07, 6.45) is 3.26. The Morgan fingerprint density at radius 1 is 1.31 bits per heavy atom. The molecule has 0 aliphatic carbocycles. The van der Waals surface area contributed by atoms with Crippen molar-refractivity contribution in [2.45, 2.75) is 9.92 Å². The Balaban J connectivity index is 2.30. The van der Waals surface area contributed by atoms with Crippen LogP contribution in [0.2, 0.25) is 0 Å². The molecule has 2 rings (SSSR count). The van der Waals surface area contributed by atoms with Crippen molar-refractivity contribution in [1.82, 2.24) is 9.97 Å². The van der Waals surface area contributed by atoms with E-state index in [0.29, 0.717) is 0 Å². The number of hydrogen-bond acceptors (Lipinski definition) is 4. The van der Waals surface area contributed by atoms with Crippen molar-refractivity contribution in [2.75, 3.05) is 7.11 Å². The molecule has 0 aliphatic rings. The minimum absolute atomic E-state index is 0.845. The number of halogens is 1. The summed E-state index contributed by atoms with van der Waals surface area (Å²) in [5.41, 5.74) is 0. The lowest BCUT2D eigenvalue weighted by Crippen LogP contribution is -1.87. The first kappa shape index (κ1) is 11.4. The largest absolute Gasteiger partial charge is 0.496 e. The molecule has 1 aromatic carbocycles. The molecule has 82 valence electrons. The number of nitrogens with zero attached hydrogens (tertiary/aromatic N) is 2. The van der Waals surface area contributed by atoms with Crippen molar-refractivity contribution in [2.24, 2.45) is 0 Å². The highest BCUT2D eigenvalue weighted by Gasteiger charge is 2.07. The molecular formula is C11H9BrN2OS. The molecule has 0 aliphatic heterocycles. The zero-order valence-corrected chi connectivity index (χ0v) is 11.0. The van der Waals surface area contributed by atoms with Crippen LogP contribution in [-0.4, -0.2) is 17.1 Å². The monoisotopic (exact) mass is 296 g/mol. The van der Waals surface area contributed by atoms with Gasteiger partial charge in [-0.2, -0.15) is 0 Å². The zero-order valence-electron chi connectivity index (χ0n) is 8.55. The summed E-state index contributed by atoms with van der Waals surface area (Å²) >= 11 is 4.96. The molecule has 1 aromatic heterocycles. The van der Waals surface area contributed by atoms with Crippen LogP contribution in [0, 0.1) is 0 Å². The second-order valence-corrected chi connectivity index (χ2v) is 4.81. The molecule has 1 heterocycles. The van der Waals surface area contributed by atoms with Crippen molar-refractivity contribution >= 4 is 27.7 Å². The van der Waals surface area contributed by atoms with E-state index in [2.05, 4.69) is 25.9 Å². The molecule has 0 N–H and O–H groups in total. The minimum Gasteiger partial charge on any atom is -0.496 e. The first-order valence-corrected chi connectivity index (χ1v) is 6.18. The quantitative estimate of drug-likeness (QED) is 0.813. The third-order valence-corrected chi connectivity index (χ3v) is 3.83. The van der Waals surface area contributed by atoms with E-state index in [1.54, 1.807) is 25.1 Å². The highest BCUT2D eigenvalue weighted by atomic mass is 79.9. The first-order chi connectivity index (χ1) is 7.81. The van der Waals surface area contributed by atoms with E-state index in [0.717, 1.165) is 20.1 Å². The van der Waals surface area contributed by atoms with Crippen molar-refractivity contribution in [3.05, 3.63) is 41.3 Å². The normalized spacial score (nSPS) is 10.1. The number of aromatic nitrogens is 2. The number of hydrogen-bond donors (Lipinski definition) is 0. The minimum atomic E-state index is 0.845. The number of ether oxygens (including phenoxy) is 1. The van der Waals surface area contributed by atoms with E-state index in [-0.39, 0.29) is 0 Å². The average Bonchev–Trinajstić information content (AvgIpc) is 2.33. The fraction of sp³-hybridized carbons (Fsp3) is 0.0909. The Morgan fingerprint density at radius 3 is 2.88 bits per heavy atom. The van der Waals surface area contributed by atoms with Crippen LogP contribution >= 0.6 is 27.7 Å². The third kappa shape index (κ3) is 2.54. The second kappa shape index (κ2) is 5.32. The van der Waals surface area contributed by atoms with Gasteiger partial charge in [0.1, 0.15) is 17.1 Å². The lowest BCUT2D eigenvalue weighted by Gasteiger charge is -2.07. The van der Waals surface area contributed by atoms with E-state index >= 15 is 0 Å². The molecule has 0 saturated heterocycles. The number of rotatable bonds is 3. The molecule has 0 spiro atoms. The first-order valence-electron chi connectivity index (χ1n) is 4.57. The Morgan fingerprint density at radius 2 is 2.12 bits per heavy atom. The van der Waals surface area contributed by atoms with Crippen LogP contribution in [0.4, 0.5) is 0 Å². The van der Waals surface area contributed by atoms with Gasteiger partial charge < -0.3 is 4.74 Å². The van der Waals surface area contributed by atoms with Crippen LogP contribution in [0.25, 0.3) is 0 Å². The van der Waals surface area contributed by atoms with Gasteiger partial charge in [-0.25, -0.2) is 9.97 Å². The maximum Gasteiger partial charge on any atom is 0.132 e. The van der Waals surface area contributed by atoms with Crippen molar-refractivity contribution in [1.29, 1.82) is 0 Å². The zero-order chi connectivity index (χ0) is 11.4. The van der Waals surface area contributed by atoms with Crippen LogP contribution in [0.3, 0.4) is 0 Å². The van der Waals surface area contributed by atoms with Crippen molar-refractivity contribution in [3.8, 4) is 5.75 Å². The van der Waals surface area contributed by atoms with Gasteiger partial charge in [-0.05, 0) is 28.1 Å². The predicted octanol–water partition coefficient (Wildman–Crippen LogP) is 3.40. The Bertz CT molecular complexity index is 493. The van der Waals surface area contributed by atoms with Gasteiger partial charge in [0, 0.05) is 6.20 Å². The molecule has 0 bridgehead atoms. The summed E-state index contributed by atoms with van der Waals surface area (Å²) in [7, 11) is 1.66. The number of methoxy groups -OCH3 is 1. The molecule has 0 atom stereocenters. The molecule has 16 heavy (non-hydrogen) atoms. The van der Waals surface area contributed by atoms with Gasteiger partial charge in [-0.15, -0.1) is 0 Å². The Hall–Kier alpha value is -1.07. The lowest BCUT2D eigenvalue weighted by atomic mass is 10.3. The maximum atomic E-state index is 5.28. The Labute approximate surface area is 106 Å². The second-order valence-electron chi connectivity index (χ2n) is 2.93. The van der Waals surface area contributed by atoms with Gasteiger partial charge in [0.2, 0.25) is 0 Å². The third-order valence-electron chi connectivity index (χ3n) is 1.91. The van der Waals surface area contributed by atoms with E-state index in [1.165, 1.54) is 6.33 Å². The lowest BCUT2D eigenvalue weighted by molar-refractivity contribution is 0.405. The van der Waals surface area contributed by atoms with Crippen LogP contribution in [0.1, 0.15) is 0 Å². The van der Waals surface area contributed by atoms with Gasteiger partial charge in [0.15, 0.2) is 0 Å². The molecular weight excluding hydrogens is 288 g/mol. The molecule has 3 nitrogen and oxygen atoms in total. The van der Waals surface area contributed by atoms with Gasteiger partial charge >= 0.3 is 0 Å². The highest BCUT2D eigenvalue weighted by Crippen LogP contribution is 2.36. The van der Waals surface area contributed by atoms with Gasteiger partial charge in [0.05, 0.1) is 16.5 Å². The van der Waals surface area contributed by atoms with E-state index in [9.17, 15) is 0 Å². The maximum absolute atomic E-state index is 5.28. The summed E-state index contributed by atoms with van der Waals surface area (Å²) in [4.78, 5) is 9.16. The molecule has 0 radical (unpaired) electrons. The average molecular weight is 297 g/mol. The predicted molar refractivity (Wildman–Crippen MR) is 66.8 cm³/mol. The smallest absolute Gasteiger partial charge is 0.132 e. The summed E-state index contributed by atoms with van der Waals surface area (Å²) in [5.74, 6) is 0.845. The molecule has 0 unspecified atom stereocenters. The van der Waals surface area contributed by atoms with Gasteiger partial charge in [-0.3, -0.25) is 0 Å². The van der Waals surface area contributed by atoms with Crippen LogP contribution in [0.5, 0.6) is 5.75 Å². The van der Waals surface area contributed by atoms with Crippen LogP contribution < -0.4 is 4.74 Å². The number of para-hydroxylation sites is 1. The SMILES string of the molecule is COc1ccccc1Sc1ncncc1Br. The topological polar surface area (TPSA) is 35.0 Å². The van der Waals surface area contributed by atoms with Crippen LogP contribution in [0.15, 0.2) is 51.2 Å². The summed E-state index contributed by atoms with van der Waals surface area (Å²) in [5, 5.41) is 0.875. The summed E-state index contributed by atoms with van der Waals surface area (Å²) < 4.78 is 6.16. The molecule has 0 fully saturated rings. The van der Waals surface area contributed by atoms with E-state index < -0.39 is 0 Å². The van der Waals surface area contributed by atoms with Crippen LogP contribution in [-0.2, 0) is 0 Å². The van der Waals surface area contributed by atoms with Crippen molar-refractivity contribution in [3.63, 3.8) is 0 Å². The molecule has 2 aromatic rings. The van der Waals surface area contributed by atoms with Crippen molar-refractivity contribution < 1.29 is 4.74 Å².